The molecule has 0 aliphatic heterocycles. The molecule has 1 fully saturated rings. The molecule has 1 aliphatic rings. The summed E-state index contributed by atoms with van der Waals surface area (Å²) in [6, 6.07) is 12.6. The Bertz CT molecular complexity index is 935. The Hall–Kier alpha value is -2.41. The summed E-state index contributed by atoms with van der Waals surface area (Å²) in [6.07, 6.45) is 4.39. The molecule has 5 nitrogen and oxygen atoms in total. The highest BCUT2D eigenvalue weighted by Crippen LogP contribution is 2.32. The van der Waals surface area contributed by atoms with Gasteiger partial charge in [-0.25, -0.2) is 12.8 Å². The Balaban J connectivity index is 1.65. The molecular formula is C22H27FN2O3S. The first-order valence-corrected chi connectivity index (χ1v) is 11.6. The molecule has 3 rings (SSSR count). The fourth-order valence-electron chi connectivity index (χ4n) is 3.71. The van der Waals surface area contributed by atoms with E-state index in [4.69, 9.17) is 0 Å². The number of sulfone groups is 1. The molecule has 7 heteroatoms. The summed E-state index contributed by atoms with van der Waals surface area (Å²) in [5.41, 5.74) is 1.29. The van der Waals surface area contributed by atoms with E-state index in [-0.39, 0.29) is 23.1 Å². The molecule has 1 amide bonds. The molecule has 0 aromatic heterocycles. The van der Waals surface area contributed by atoms with Crippen molar-refractivity contribution in [1.29, 1.82) is 0 Å². The lowest BCUT2D eigenvalue weighted by Gasteiger charge is -2.37. The Morgan fingerprint density at radius 2 is 1.62 bits per heavy atom. The highest BCUT2D eigenvalue weighted by atomic mass is 32.2. The summed E-state index contributed by atoms with van der Waals surface area (Å²) in [6.45, 7) is 2.02. The predicted octanol–water partition coefficient (Wildman–Crippen LogP) is 3.84. The van der Waals surface area contributed by atoms with E-state index in [9.17, 15) is 17.6 Å². The standard InChI is InChI=1S/C22H27FN2O3S/c1-17-5-9-19(10-6-17)25-22(13-3-2-4-14-22)21(26)24-15-16-29(27,28)20-11-7-18(23)8-12-20/h5-12,25H,2-4,13-16H2,1H3,(H,24,26). The monoisotopic (exact) mass is 418 g/mol. The number of carbonyl (C=O) groups is 1. The second kappa shape index (κ2) is 8.95. The van der Waals surface area contributed by atoms with Crippen molar-refractivity contribution in [3.8, 4) is 0 Å². The molecule has 2 aromatic carbocycles. The van der Waals surface area contributed by atoms with Crippen LogP contribution in [0.1, 0.15) is 37.7 Å². The number of hydrogen-bond donors (Lipinski definition) is 2. The molecule has 2 aromatic rings. The van der Waals surface area contributed by atoms with Crippen molar-refractivity contribution < 1.29 is 17.6 Å². The second-order valence-electron chi connectivity index (χ2n) is 7.66. The molecule has 1 aliphatic carbocycles. The molecule has 0 radical (unpaired) electrons. The highest BCUT2D eigenvalue weighted by Gasteiger charge is 2.39. The maximum Gasteiger partial charge on any atom is 0.245 e. The summed E-state index contributed by atoms with van der Waals surface area (Å²) >= 11 is 0. The minimum atomic E-state index is -3.59. The minimum absolute atomic E-state index is 0.00979. The van der Waals surface area contributed by atoms with Crippen molar-refractivity contribution in [2.45, 2.75) is 49.5 Å². The van der Waals surface area contributed by atoms with Gasteiger partial charge in [0.15, 0.2) is 9.84 Å². The second-order valence-corrected chi connectivity index (χ2v) is 9.77. The third kappa shape index (κ3) is 5.35. The SMILES string of the molecule is Cc1ccc(NC2(C(=O)NCCS(=O)(=O)c3ccc(F)cc3)CCCCC2)cc1. The number of amides is 1. The van der Waals surface area contributed by atoms with Crippen molar-refractivity contribution in [2.24, 2.45) is 0 Å². The van der Waals surface area contributed by atoms with Crippen LogP contribution in [0.2, 0.25) is 0 Å². The Morgan fingerprint density at radius 3 is 2.24 bits per heavy atom. The zero-order valence-corrected chi connectivity index (χ0v) is 17.4. The van der Waals surface area contributed by atoms with Gasteiger partial charge in [-0.1, -0.05) is 37.0 Å². The number of nitrogens with one attached hydrogen (secondary N) is 2. The topological polar surface area (TPSA) is 75.3 Å². The van der Waals surface area contributed by atoms with E-state index in [1.165, 1.54) is 12.1 Å². The number of anilines is 1. The normalized spacial score (nSPS) is 16.2. The lowest BCUT2D eigenvalue weighted by molar-refractivity contribution is -0.126. The number of rotatable bonds is 7. The maximum absolute atomic E-state index is 13.0. The van der Waals surface area contributed by atoms with Gasteiger partial charge in [0.1, 0.15) is 11.4 Å². The van der Waals surface area contributed by atoms with Crippen LogP contribution in [0.5, 0.6) is 0 Å². The molecule has 29 heavy (non-hydrogen) atoms. The fraction of sp³-hybridized carbons (Fsp3) is 0.409. The zero-order chi connectivity index (χ0) is 20.9. The van der Waals surface area contributed by atoms with Crippen LogP contribution in [0.3, 0.4) is 0 Å². The van der Waals surface area contributed by atoms with Crippen molar-refractivity contribution in [3.05, 3.63) is 59.9 Å². The van der Waals surface area contributed by atoms with E-state index in [2.05, 4.69) is 10.6 Å². The average molecular weight is 419 g/mol. The number of hydrogen-bond acceptors (Lipinski definition) is 4. The molecule has 1 saturated carbocycles. The van der Waals surface area contributed by atoms with Gasteiger partial charge in [-0.15, -0.1) is 0 Å². The lowest BCUT2D eigenvalue weighted by Crippen LogP contribution is -2.54. The molecule has 0 bridgehead atoms. The van der Waals surface area contributed by atoms with Crippen LogP contribution in [0, 0.1) is 12.7 Å². The molecule has 0 unspecified atom stereocenters. The Kier molecular flexibility index (Phi) is 6.57. The first-order chi connectivity index (χ1) is 13.8. The van der Waals surface area contributed by atoms with Crippen LogP contribution < -0.4 is 10.6 Å². The highest BCUT2D eigenvalue weighted by molar-refractivity contribution is 7.91. The van der Waals surface area contributed by atoms with Crippen LogP contribution in [-0.4, -0.2) is 32.2 Å². The van der Waals surface area contributed by atoms with Crippen molar-refractivity contribution in [2.75, 3.05) is 17.6 Å². The third-order valence-electron chi connectivity index (χ3n) is 5.41. The molecule has 0 saturated heterocycles. The van der Waals surface area contributed by atoms with E-state index in [1.54, 1.807) is 0 Å². The molecular weight excluding hydrogens is 391 g/mol. The van der Waals surface area contributed by atoms with Crippen molar-refractivity contribution >= 4 is 21.4 Å². The van der Waals surface area contributed by atoms with Gasteiger partial charge in [-0.05, 0) is 56.2 Å². The van der Waals surface area contributed by atoms with Gasteiger partial charge in [0, 0.05) is 12.2 Å². The van der Waals surface area contributed by atoms with E-state index < -0.39 is 21.2 Å². The smallest absolute Gasteiger partial charge is 0.245 e. The van der Waals surface area contributed by atoms with E-state index in [1.807, 2.05) is 31.2 Å². The maximum atomic E-state index is 13.0. The van der Waals surface area contributed by atoms with Gasteiger partial charge in [-0.2, -0.15) is 0 Å². The Labute approximate surface area is 171 Å². The quantitative estimate of drug-likeness (QED) is 0.670. The van der Waals surface area contributed by atoms with E-state index in [0.717, 1.165) is 42.6 Å². The molecule has 156 valence electrons. The average Bonchev–Trinajstić information content (AvgIpc) is 2.70. The lowest BCUT2D eigenvalue weighted by atomic mass is 9.80. The summed E-state index contributed by atoms with van der Waals surface area (Å²) in [5, 5.41) is 6.21. The number of aryl methyl sites for hydroxylation is 1. The zero-order valence-electron chi connectivity index (χ0n) is 16.6. The Morgan fingerprint density at radius 1 is 1.00 bits per heavy atom. The van der Waals surface area contributed by atoms with Crippen LogP contribution in [-0.2, 0) is 14.6 Å². The van der Waals surface area contributed by atoms with E-state index in [0.29, 0.717) is 12.8 Å². The van der Waals surface area contributed by atoms with Crippen LogP contribution >= 0.6 is 0 Å². The molecule has 0 spiro atoms. The first-order valence-electron chi connectivity index (χ1n) is 9.92. The predicted molar refractivity (Wildman–Crippen MR) is 112 cm³/mol. The first kappa shape index (κ1) is 21.3. The van der Waals surface area contributed by atoms with Crippen LogP contribution in [0.4, 0.5) is 10.1 Å². The van der Waals surface area contributed by atoms with Gasteiger partial charge < -0.3 is 10.6 Å². The van der Waals surface area contributed by atoms with Crippen molar-refractivity contribution in [3.63, 3.8) is 0 Å². The van der Waals surface area contributed by atoms with Crippen LogP contribution in [0.15, 0.2) is 53.4 Å². The number of halogens is 1. The fourth-order valence-corrected chi connectivity index (χ4v) is 4.86. The van der Waals surface area contributed by atoms with Gasteiger partial charge in [0.25, 0.3) is 0 Å². The summed E-state index contributed by atoms with van der Waals surface area (Å²) in [7, 11) is -3.59. The molecule has 0 heterocycles. The van der Waals surface area contributed by atoms with E-state index >= 15 is 0 Å². The third-order valence-corrected chi connectivity index (χ3v) is 7.14. The summed E-state index contributed by atoms with van der Waals surface area (Å²) in [5.74, 6) is -0.893. The van der Waals surface area contributed by atoms with Crippen LogP contribution in [0.25, 0.3) is 0 Å². The number of benzene rings is 2. The molecule has 0 atom stereocenters. The van der Waals surface area contributed by atoms with Gasteiger partial charge in [-0.3, -0.25) is 4.79 Å². The summed E-state index contributed by atoms with van der Waals surface area (Å²) in [4.78, 5) is 13.1. The largest absolute Gasteiger partial charge is 0.371 e. The van der Waals surface area contributed by atoms with Gasteiger partial charge in [0.05, 0.1) is 10.6 Å². The summed E-state index contributed by atoms with van der Waals surface area (Å²) < 4.78 is 37.9. The van der Waals surface area contributed by atoms with Gasteiger partial charge in [0.2, 0.25) is 5.91 Å². The number of carbonyl (C=O) groups excluding carboxylic acids is 1. The van der Waals surface area contributed by atoms with Gasteiger partial charge >= 0.3 is 0 Å². The molecule has 2 N–H and O–H groups in total. The van der Waals surface area contributed by atoms with Crippen molar-refractivity contribution in [1.82, 2.24) is 5.32 Å². The minimum Gasteiger partial charge on any atom is -0.371 e.